The molecule has 6 nitrogen and oxygen atoms in total. The van der Waals surface area contributed by atoms with Crippen molar-refractivity contribution in [3.05, 3.63) is 105 Å². The Morgan fingerprint density at radius 1 is 0.878 bits per heavy atom. The average Bonchev–Trinajstić information content (AvgIpc) is 2.97. The number of carbonyl (C=O) groups excluding carboxylic acids is 2. The lowest BCUT2D eigenvalue weighted by molar-refractivity contribution is -0.135. The van der Waals surface area contributed by atoms with E-state index in [0.717, 1.165) is 49.2 Å². The van der Waals surface area contributed by atoms with E-state index in [1.54, 1.807) is 6.07 Å². The van der Waals surface area contributed by atoms with Gasteiger partial charge in [-0.3, -0.25) is 14.5 Å². The van der Waals surface area contributed by atoms with Gasteiger partial charge in [0.1, 0.15) is 0 Å². The highest BCUT2D eigenvalue weighted by atomic mass is 35.5. The number of hydrogen-bond acceptors (Lipinski definition) is 4. The summed E-state index contributed by atoms with van der Waals surface area (Å²) in [4.78, 5) is 33.4. The first-order valence-corrected chi connectivity index (χ1v) is 15.1. The molecule has 5 rings (SSSR count). The van der Waals surface area contributed by atoms with Crippen LogP contribution in [0.5, 0.6) is 0 Å². The lowest BCUT2D eigenvalue weighted by atomic mass is 10.00. The first-order chi connectivity index (χ1) is 19.8. The van der Waals surface area contributed by atoms with E-state index in [4.69, 9.17) is 23.2 Å². The fraction of sp³-hybridized carbons (Fsp3) is 0.394. The molecule has 0 bridgehead atoms. The second kappa shape index (κ2) is 13.4. The van der Waals surface area contributed by atoms with Gasteiger partial charge in [0.25, 0.3) is 5.91 Å². The van der Waals surface area contributed by atoms with E-state index in [1.165, 1.54) is 5.56 Å². The molecule has 0 aliphatic carbocycles. The van der Waals surface area contributed by atoms with E-state index >= 15 is 0 Å². The lowest BCUT2D eigenvalue weighted by Gasteiger charge is -2.42. The van der Waals surface area contributed by atoms with Crippen LogP contribution in [0.2, 0.25) is 10.0 Å². The highest BCUT2D eigenvalue weighted by molar-refractivity contribution is 6.42. The number of halogens is 2. The Morgan fingerprint density at radius 3 is 2.37 bits per heavy atom. The van der Waals surface area contributed by atoms with Crippen molar-refractivity contribution < 1.29 is 9.59 Å². The minimum Gasteiger partial charge on any atom is -0.334 e. The standard InChI is InChI=1S/C33H38Cl2N4O2/c1-23-15-24(2)17-27(16-23)33(41)38-13-14-39(31(22-38)26-10-11-29(34)30(35)18-26)32(40)19-36-28-9-6-12-37(21-28)20-25-7-4-3-5-8-25/h3-5,7-8,10-11,15-18,28,31,36H,6,9,12-14,19-22H2,1-2H3. The van der Waals surface area contributed by atoms with Gasteiger partial charge in [-0.25, -0.2) is 0 Å². The van der Waals surface area contributed by atoms with Crippen molar-refractivity contribution in [2.45, 2.75) is 45.3 Å². The first-order valence-electron chi connectivity index (χ1n) is 14.4. The predicted molar refractivity (Wildman–Crippen MR) is 165 cm³/mol. The zero-order chi connectivity index (χ0) is 28.9. The number of amides is 2. The van der Waals surface area contributed by atoms with Crippen LogP contribution in [0.4, 0.5) is 0 Å². The van der Waals surface area contributed by atoms with Crippen LogP contribution in [0.15, 0.2) is 66.7 Å². The Hall–Kier alpha value is -2.90. The number of benzene rings is 3. The highest BCUT2D eigenvalue weighted by Gasteiger charge is 2.34. The Balaban J connectivity index is 1.27. The molecule has 0 saturated carbocycles. The highest BCUT2D eigenvalue weighted by Crippen LogP contribution is 2.31. The molecule has 0 radical (unpaired) electrons. The molecule has 3 aromatic rings. The maximum atomic E-state index is 13.7. The maximum absolute atomic E-state index is 13.7. The number of piperidine rings is 1. The van der Waals surface area contributed by atoms with E-state index in [1.807, 2.05) is 54.0 Å². The molecular formula is C33H38Cl2N4O2. The molecule has 8 heteroatoms. The van der Waals surface area contributed by atoms with Crippen molar-refractivity contribution in [1.82, 2.24) is 20.0 Å². The van der Waals surface area contributed by atoms with E-state index in [9.17, 15) is 9.59 Å². The molecule has 216 valence electrons. The smallest absolute Gasteiger partial charge is 0.254 e. The first kappa shape index (κ1) is 29.6. The molecule has 2 heterocycles. The van der Waals surface area contributed by atoms with Crippen molar-refractivity contribution in [1.29, 1.82) is 0 Å². The van der Waals surface area contributed by atoms with Crippen LogP contribution < -0.4 is 5.32 Å². The normalized spacial score (nSPS) is 19.8. The van der Waals surface area contributed by atoms with Gasteiger partial charge in [0, 0.05) is 44.3 Å². The molecule has 2 amide bonds. The summed E-state index contributed by atoms with van der Waals surface area (Å²) in [6, 6.07) is 21.8. The third-order valence-corrected chi connectivity index (χ3v) is 8.82. The molecule has 2 aliphatic heterocycles. The molecular weight excluding hydrogens is 555 g/mol. The van der Waals surface area contributed by atoms with Gasteiger partial charge in [-0.2, -0.15) is 0 Å². The Kier molecular flexibility index (Phi) is 9.66. The summed E-state index contributed by atoms with van der Waals surface area (Å²) in [5, 5.41) is 4.44. The van der Waals surface area contributed by atoms with Crippen LogP contribution in [-0.4, -0.2) is 71.8 Å². The van der Waals surface area contributed by atoms with Crippen LogP contribution in [0, 0.1) is 13.8 Å². The van der Waals surface area contributed by atoms with Gasteiger partial charge >= 0.3 is 0 Å². The van der Waals surface area contributed by atoms with Gasteiger partial charge in [-0.15, -0.1) is 0 Å². The summed E-state index contributed by atoms with van der Waals surface area (Å²) in [6.07, 6.45) is 2.15. The van der Waals surface area contributed by atoms with Crippen LogP contribution in [0.1, 0.15) is 51.5 Å². The second-order valence-electron chi connectivity index (χ2n) is 11.3. The SMILES string of the molecule is Cc1cc(C)cc(C(=O)N2CCN(C(=O)CNC3CCCN(Cc4ccccc4)C3)C(c3ccc(Cl)c(Cl)c3)C2)c1. The summed E-state index contributed by atoms with van der Waals surface area (Å²) >= 11 is 12.6. The number of piperazine rings is 1. The molecule has 41 heavy (non-hydrogen) atoms. The van der Waals surface area contributed by atoms with Gasteiger partial charge in [0.15, 0.2) is 0 Å². The largest absolute Gasteiger partial charge is 0.334 e. The Morgan fingerprint density at radius 2 is 1.63 bits per heavy atom. The summed E-state index contributed by atoms with van der Waals surface area (Å²) in [7, 11) is 0. The van der Waals surface area contributed by atoms with Crippen LogP contribution >= 0.6 is 23.2 Å². The molecule has 3 aromatic carbocycles. The zero-order valence-corrected chi connectivity index (χ0v) is 25.3. The van der Waals surface area contributed by atoms with Gasteiger partial charge in [-0.1, -0.05) is 76.8 Å². The van der Waals surface area contributed by atoms with Crippen LogP contribution in [-0.2, 0) is 11.3 Å². The van der Waals surface area contributed by atoms with Crippen LogP contribution in [0.3, 0.4) is 0 Å². The Bertz CT molecular complexity index is 1360. The van der Waals surface area contributed by atoms with Crippen molar-refractivity contribution in [2.75, 3.05) is 39.3 Å². The van der Waals surface area contributed by atoms with Gasteiger partial charge in [-0.05, 0) is 68.6 Å². The van der Waals surface area contributed by atoms with Crippen molar-refractivity contribution in [3.8, 4) is 0 Å². The van der Waals surface area contributed by atoms with E-state index in [2.05, 4.69) is 40.5 Å². The molecule has 2 saturated heterocycles. The van der Waals surface area contributed by atoms with Gasteiger partial charge < -0.3 is 15.1 Å². The number of aryl methyl sites for hydroxylation is 2. The molecule has 2 aliphatic rings. The molecule has 0 aromatic heterocycles. The quantitative estimate of drug-likeness (QED) is 0.371. The minimum absolute atomic E-state index is 0.0206. The van der Waals surface area contributed by atoms with Crippen molar-refractivity contribution in [3.63, 3.8) is 0 Å². The molecule has 2 fully saturated rings. The number of nitrogens with zero attached hydrogens (tertiary/aromatic N) is 3. The summed E-state index contributed by atoms with van der Waals surface area (Å²) in [5.74, 6) is 0.00699. The average molecular weight is 594 g/mol. The monoisotopic (exact) mass is 592 g/mol. The van der Waals surface area contributed by atoms with Gasteiger partial charge in [0.05, 0.1) is 22.6 Å². The summed E-state index contributed by atoms with van der Waals surface area (Å²) in [6.45, 7) is 8.47. The number of hydrogen-bond donors (Lipinski definition) is 1. The van der Waals surface area contributed by atoms with Crippen molar-refractivity contribution >= 4 is 35.0 Å². The molecule has 0 spiro atoms. The lowest BCUT2D eigenvalue weighted by Crippen LogP contribution is -2.55. The Labute approximate surface area is 253 Å². The minimum atomic E-state index is -0.316. The van der Waals surface area contributed by atoms with Crippen molar-refractivity contribution in [2.24, 2.45) is 0 Å². The van der Waals surface area contributed by atoms with E-state index in [-0.39, 0.29) is 30.4 Å². The fourth-order valence-electron chi connectivity index (χ4n) is 6.09. The van der Waals surface area contributed by atoms with E-state index < -0.39 is 0 Å². The summed E-state index contributed by atoms with van der Waals surface area (Å²) < 4.78 is 0. The van der Waals surface area contributed by atoms with Crippen LogP contribution in [0.25, 0.3) is 0 Å². The zero-order valence-electron chi connectivity index (χ0n) is 23.8. The van der Waals surface area contributed by atoms with E-state index in [0.29, 0.717) is 35.2 Å². The van der Waals surface area contributed by atoms with Gasteiger partial charge in [0.2, 0.25) is 5.91 Å². The number of nitrogens with one attached hydrogen (secondary N) is 1. The number of carbonyl (C=O) groups is 2. The third-order valence-electron chi connectivity index (χ3n) is 8.08. The third kappa shape index (κ3) is 7.49. The predicted octanol–water partition coefficient (Wildman–Crippen LogP) is 5.89. The fourth-order valence-corrected chi connectivity index (χ4v) is 6.40. The maximum Gasteiger partial charge on any atom is 0.254 e. The number of rotatable bonds is 7. The molecule has 2 atom stereocenters. The summed E-state index contributed by atoms with van der Waals surface area (Å²) in [5.41, 5.74) is 4.96. The second-order valence-corrected chi connectivity index (χ2v) is 12.2. The molecule has 1 N–H and O–H groups in total. The molecule has 2 unspecified atom stereocenters. The topological polar surface area (TPSA) is 55.9 Å². The number of likely N-dealkylation sites (tertiary alicyclic amines) is 1.